The molecule has 4 heteroatoms. The van der Waals surface area contributed by atoms with Gasteiger partial charge in [-0.25, -0.2) is 16.0 Å². The Hall–Kier alpha value is -0.770. The first kappa shape index (κ1) is 13.2. The summed E-state index contributed by atoms with van der Waals surface area (Å²) in [5.74, 6) is 0. The minimum absolute atomic E-state index is 0. The zero-order valence-electron chi connectivity index (χ0n) is 8.66. The van der Waals surface area contributed by atoms with Crippen LogP contribution < -0.4 is 16.0 Å². The highest BCUT2D eigenvalue weighted by molar-refractivity contribution is 5.85. The van der Waals surface area contributed by atoms with Crippen molar-refractivity contribution in [1.82, 2.24) is 10.9 Å². The highest BCUT2D eigenvalue weighted by Crippen LogP contribution is 2.07. The van der Waals surface area contributed by atoms with Crippen molar-refractivity contribution in [3.05, 3.63) is 30.3 Å². The SMILES string of the molecule is CCNN(NCC)c1ccccc1.Cl. The van der Waals surface area contributed by atoms with Crippen LogP contribution in [0.1, 0.15) is 13.8 Å². The number of hydrazine groups is 2. The molecule has 0 spiro atoms. The van der Waals surface area contributed by atoms with Gasteiger partial charge in [-0.2, -0.15) is 0 Å². The number of rotatable bonds is 5. The molecular weight excluding hydrogens is 198 g/mol. The van der Waals surface area contributed by atoms with E-state index in [1.807, 2.05) is 23.3 Å². The third kappa shape index (κ3) is 3.96. The van der Waals surface area contributed by atoms with Crippen LogP contribution in [0.5, 0.6) is 0 Å². The van der Waals surface area contributed by atoms with Crippen LogP contribution in [0.2, 0.25) is 0 Å². The smallest absolute Gasteiger partial charge is 0.0702 e. The first-order valence-electron chi connectivity index (χ1n) is 4.70. The van der Waals surface area contributed by atoms with E-state index in [-0.39, 0.29) is 12.4 Å². The highest BCUT2D eigenvalue weighted by atomic mass is 35.5. The van der Waals surface area contributed by atoms with E-state index >= 15 is 0 Å². The number of hydrogen-bond acceptors (Lipinski definition) is 3. The van der Waals surface area contributed by atoms with Crippen LogP contribution in [0.4, 0.5) is 5.69 Å². The van der Waals surface area contributed by atoms with Crippen LogP contribution >= 0.6 is 12.4 Å². The van der Waals surface area contributed by atoms with Crippen molar-refractivity contribution in [2.24, 2.45) is 0 Å². The van der Waals surface area contributed by atoms with Crippen molar-refractivity contribution in [3.8, 4) is 0 Å². The number of nitrogens with one attached hydrogen (secondary N) is 2. The summed E-state index contributed by atoms with van der Waals surface area (Å²) in [4.78, 5) is 0. The average molecular weight is 216 g/mol. The maximum atomic E-state index is 3.22. The second kappa shape index (κ2) is 7.62. The van der Waals surface area contributed by atoms with Crippen molar-refractivity contribution >= 4 is 18.1 Å². The standard InChI is InChI=1S/C10H17N3.ClH/c1-3-11-13(12-4-2)10-8-6-5-7-9-10;/h5-9,11-12H,3-4H2,1-2H3;1H. The molecule has 2 N–H and O–H groups in total. The van der Waals surface area contributed by atoms with Crippen LogP contribution in [-0.4, -0.2) is 13.1 Å². The molecule has 0 atom stereocenters. The molecule has 0 radical (unpaired) electrons. The molecule has 0 saturated carbocycles. The number of hydrogen-bond donors (Lipinski definition) is 2. The number of benzene rings is 1. The van der Waals surface area contributed by atoms with Crippen LogP contribution in [0.15, 0.2) is 30.3 Å². The molecule has 0 bridgehead atoms. The Kier molecular flexibility index (Phi) is 7.20. The third-order valence-corrected chi connectivity index (χ3v) is 1.65. The van der Waals surface area contributed by atoms with E-state index < -0.39 is 0 Å². The quantitative estimate of drug-likeness (QED) is 0.736. The van der Waals surface area contributed by atoms with Gasteiger partial charge >= 0.3 is 0 Å². The van der Waals surface area contributed by atoms with Gasteiger partial charge < -0.3 is 0 Å². The monoisotopic (exact) mass is 215 g/mol. The molecule has 14 heavy (non-hydrogen) atoms. The Labute approximate surface area is 91.8 Å². The van der Waals surface area contributed by atoms with E-state index in [1.165, 1.54) is 0 Å². The number of para-hydroxylation sites is 1. The van der Waals surface area contributed by atoms with Crippen molar-refractivity contribution in [2.45, 2.75) is 13.8 Å². The van der Waals surface area contributed by atoms with Crippen molar-refractivity contribution in [2.75, 3.05) is 18.2 Å². The Balaban J connectivity index is 0.00000169. The molecule has 1 aromatic carbocycles. The lowest BCUT2D eigenvalue weighted by Gasteiger charge is -2.24. The Morgan fingerprint density at radius 2 is 1.50 bits per heavy atom. The summed E-state index contributed by atoms with van der Waals surface area (Å²) in [5, 5.41) is 1.94. The van der Waals surface area contributed by atoms with Gasteiger partial charge in [-0.3, -0.25) is 0 Å². The molecule has 0 aromatic heterocycles. The third-order valence-electron chi connectivity index (χ3n) is 1.65. The van der Waals surface area contributed by atoms with Crippen molar-refractivity contribution in [1.29, 1.82) is 0 Å². The summed E-state index contributed by atoms with van der Waals surface area (Å²) >= 11 is 0. The molecular formula is C10H18ClN3. The number of nitrogens with zero attached hydrogens (tertiary/aromatic N) is 1. The van der Waals surface area contributed by atoms with Gasteiger partial charge in [0.2, 0.25) is 0 Å². The molecule has 80 valence electrons. The van der Waals surface area contributed by atoms with E-state index in [4.69, 9.17) is 0 Å². The van der Waals surface area contributed by atoms with Crippen molar-refractivity contribution in [3.63, 3.8) is 0 Å². The molecule has 0 aliphatic heterocycles. The van der Waals surface area contributed by atoms with Crippen LogP contribution in [-0.2, 0) is 0 Å². The summed E-state index contributed by atoms with van der Waals surface area (Å²) in [6, 6.07) is 10.2. The highest BCUT2D eigenvalue weighted by Gasteiger charge is 2.00. The second-order valence-corrected chi connectivity index (χ2v) is 2.69. The van der Waals surface area contributed by atoms with E-state index in [0.29, 0.717) is 0 Å². The summed E-state index contributed by atoms with van der Waals surface area (Å²) in [6.45, 7) is 5.96. The van der Waals surface area contributed by atoms with Gasteiger partial charge in [0.25, 0.3) is 0 Å². The first-order chi connectivity index (χ1) is 6.38. The maximum absolute atomic E-state index is 3.22. The van der Waals surface area contributed by atoms with Crippen LogP contribution in [0.25, 0.3) is 0 Å². The number of anilines is 1. The minimum atomic E-state index is 0. The van der Waals surface area contributed by atoms with Crippen LogP contribution in [0.3, 0.4) is 0 Å². The normalized spacial score (nSPS) is 9.29. The molecule has 0 aliphatic rings. The van der Waals surface area contributed by atoms with Crippen LogP contribution in [0, 0.1) is 0 Å². The van der Waals surface area contributed by atoms with Crippen molar-refractivity contribution < 1.29 is 0 Å². The lowest BCUT2D eigenvalue weighted by Crippen LogP contribution is -2.48. The van der Waals surface area contributed by atoms with E-state index in [1.54, 1.807) is 0 Å². The molecule has 0 unspecified atom stereocenters. The van der Waals surface area contributed by atoms with Gasteiger partial charge in [0, 0.05) is 13.1 Å². The molecule has 0 heterocycles. The van der Waals surface area contributed by atoms with Gasteiger partial charge in [-0.15, -0.1) is 12.4 Å². The fourth-order valence-electron chi connectivity index (χ4n) is 1.13. The van der Waals surface area contributed by atoms with E-state index in [0.717, 1.165) is 18.8 Å². The van der Waals surface area contributed by atoms with Gasteiger partial charge in [0.15, 0.2) is 0 Å². The maximum Gasteiger partial charge on any atom is 0.0702 e. The van der Waals surface area contributed by atoms with Gasteiger partial charge in [0.1, 0.15) is 0 Å². The first-order valence-corrected chi connectivity index (χ1v) is 4.70. The Morgan fingerprint density at radius 1 is 1.00 bits per heavy atom. The van der Waals surface area contributed by atoms with E-state index in [9.17, 15) is 0 Å². The average Bonchev–Trinajstić information content (AvgIpc) is 2.19. The largest absolute Gasteiger partial charge is 0.242 e. The van der Waals surface area contributed by atoms with Gasteiger partial charge in [0.05, 0.1) is 5.69 Å². The molecule has 1 rings (SSSR count). The second-order valence-electron chi connectivity index (χ2n) is 2.69. The lowest BCUT2D eigenvalue weighted by molar-refractivity contribution is 0.550. The van der Waals surface area contributed by atoms with E-state index in [2.05, 4.69) is 36.8 Å². The Morgan fingerprint density at radius 3 is 1.93 bits per heavy atom. The fraction of sp³-hybridized carbons (Fsp3) is 0.400. The molecule has 1 aromatic rings. The summed E-state index contributed by atoms with van der Waals surface area (Å²) in [7, 11) is 0. The molecule has 0 fully saturated rings. The zero-order chi connectivity index (χ0) is 9.52. The van der Waals surface area contributed by atoms with Gasteiger partial charge in [-0.1, -0.05) is 32.0 Å². The molecule has 0 amide bonds. The predicted molar refractivity (Wildman–Crippen MR) is 63.5 cm³/mol. The summed E-state index contributed by atoms with van der Waals surface area (Å²) < 4.78 is 0. The number of halogens is 1. The predicted octanol–water partition coefficient (Wildman–Crippen LogP) is 1.96. The topological polar surface area (TPSA) is 27.3 Å². The lowest BCUT2D eigenvalue weighted by atomic mass is 10.3. The Bertz CT molecular complexity index is 222. The fourth-order valence-corrected chi connectivity index (χ4v) is 1.13. The molecule has 3 nitrogen and oxygen atoms in total. The zero-order valence-corrected chi connectivity index (χ0v) is 9.47. The summed E-state index contributed by atoms with van der Waals surface area (Å²) in [5.41, 5.74) is 7.57. The molecule has 0 aliphatic carbocycles. The minimum Gasteiger partial charge on any atom is -0.242 e. The molecule has 0 saturated heterocycles. The van der Waals surface area contributed by atoms with Gasteiger partial charge in [-0.05, 0) is 12.1 Å². The summed E-state index contributed by atoms with van der Waals surface area (Å²) in [6.07, 6.45) is 0.